The average molecular weight is 262 g/mol. The van der Waals surface area contributed by atoms with Crippen molar-refractivity contribution in [3.8, 4) is 0 Å². The van der Waals surface area contributed by atoms with E-state index in [2.05, 4.69) is 19.1 Å². The third-order valence-corrected chi connectivity index (χ3v) is 4.70. The van der Waals surface area contributed by atoms with Gasteiger partial charge in [0.1, 0.15) is 0 Å². The summed E-state index contributed by atoms with van der Waals surface area (Å²) in [6.07, 6.45) is 1.42. The van der Waals surface area contributed by atoms with E-state index in [1.807, 2.05) is 25.1 Å². The van der Waals surface area contributed by atoms with Crippen molar-refractivity contribution in [1.29, 1.82) is 0 Å². The normalized spacial score (nSPS) is 40.8. The largest absolute Gasteiger partial charge is 0.393 e. The molecule has 0 radical (unpaired) electrons. The Kier molecular flexibility index (Phi) is 3.37. The van der Waals surface area contributed by atoms with Crippen LogP contribution in [0, 0.1) is 5.92 Å². The zero-order valence-electron chi connectivity index (χ0n) is 11.6. The molecule has 2 aliphatic rings. The molecular formula is C16H22O3. The highest BCUT2D eigenvalue weighted by Gasteiger charge is 2.62. The summed E-state index contributed by atoms with van der Waals surface area (Å²) >= 11 is 0. The number of ether oxygens (including phenoxy) is 2. The molecular weight excluding hydrogens is 240 g/mol. The SMILES string of the molecule is CC[C@@]12C[C@H](O)[C@@H]([C@H](C)O1)[C@@H]2OCc1ccccc1. The van der Waals surface area contributed by atoms with Gasteiger partial charge in [-0.3, -0.25) is 0 Å². The number of benzene rings is 1. The van der Waals surface area contributed by atoms with Crippen LogP contribution < -0.4 is 0 Å². The molecule has 0 spiro atoms. The summed E-state index contributed by atoms with van der Waals surface area (Å²) in [7, 11) is 0. The van der Waals surface area contributed by atoms with Gasteiger partial charge in [0, 0.05) is 12.3 Å². The van der Waals surface area contributed by atoms with Crippen molar-refractivity contribution in [2.24, 2.45) is 5.92 Å². The second-order valence-electron chi connectivity index (χ2n) is 5.81. The fourth-order valence-corrected chi connectivity index (χ4v) is 3.73. The number of hydrogen-bond donors (Lipinski definition) is 1. The van der Waals surface area contributed by atoms with E-state index >= 15 is 0 Å². The topological polar surface area (TPSA) is 38.7 Å². The van der Waals surface area contributed by atoms with Gasteiger partial charge in [-0.05, 0) is 18.9 Å². The lowest BCUT2D eigenvalue weighted by molar-refractivity contribution is -0.119. The molecule has 0 aromatic heterocycles. The molecule has 0 amide bonds. The van der Waals surface area contributed by atoms with Gasteiger partial charge in [-0.25, -0.2) is 0 Å². The molecule has 1 heterocycles. The molecule has 1 saturated carbocycles. The molecule has 5 atom stereocenters. The third-order valence-electron chi connectivity index (χ3n) is 4.70. The number of fused-ring (bicyclic) bond motifs is 2. The lowest BCUT2D eigenvalue weighted by Crippen LogP contribution is -2.38. The first kappa shape index (κ1) is 13.1. The van der Waals surface area contributed by atoms with E-state index in [1.54, 1.807) is 0 Å². The molecule has 19 heavy (non-hydrogen) atoms. The number of aliphatic hydroxyl groups excluding tert-OH is 1. The minimum absolute atomic E-state index is 0.0164. The molecule has 1 saturated heterocycles. The number of hydrogen-bond acceptors (Lipinski definition) is 3. The van der Waals surface area contributed by atoms with Crippen LogP contribution in [0.25, 0.3) is 0 Å². The van der Waals surface area contributed by atoms with Gasteiger partial charge < -0.3 is 14.6 Å². The van der Waals surface area contributed by atoms with E-state index in [0.717, 1.165) is 6.42 Å². The molecule has 1 aromatic rings. The molecule has 1 aliphatic heterocycles. The Labute approximate surface area is 114 Å². The van der Waals surface area contributed by atoms with E-state index in [-0.39, 0.29) is 29.8 Å². The lowest BCUT2D eigenvalue weighted by Gasteiger charge is -2.31. The third kappa shape index (κ3) is 2.10. The molecule has 1 N–H and O–H groups in total. The molecule has 3 rings (SSSR count). The monoisotopic (exact) mass is 262 g/mol. The van der Waals surface area contributed by atoms with E-state index < -0.39 is 0 Å². The predicted molar refractivity (Wildman–Crippen MR) is 72.7 cm³/mol. The van der Waals surface area contributed by atoms with Crippen molar-refractivity contribution in [2.45, 2.75) is 57.2 Å². The zero-order valence-corrected chi connectivity index (χ0v) is 11.6. The van der Waals surface area contributed by atoms with Gasteiger partial charge in [0.25, 0.3) is 0 Å². The van der Waals surface area contributed by atoms with Crippen LogP contribution in [0.3, 0.4) is 0 Å². The van der Waals surface area contributed by atoms with Gasteiger partial charge in [0.05, 0.1) is 30.5 Å². The first-order valence-electron chi connectivity index (χ1n) is 7.18. The van der Waals surface area contributed by atoms with E-state index in [1.165, 1.54) is 5.56 Å². The highest BCUT2D eigenvalue weighted by molar-refractivity contribution is 5.15. The second-order valence-corrected chi connectivity index (χ2v) is 5.81. The molecule has 3 nitrogen and oxygen atoms in total. The van der Waals surface area contributed by atoms with E-state index in [4.69, 9.17) is 9.47 Å². The highest BCUT2D eigenvalue weighted by Crippen LogP contribution is 2.51. The van der Waals surface area contributed by atoms with E-state index in [9.17, 15) is 5.11 Å². The summed E-state index contributed by atoms with van der Waals surface area (Å²) in [6.45, 7) is 4.75. The molecule has 2 bridgehead atoms. The smallest absolute Gasteiger partial charge is 0.0973 e. The second kappa shape index (κ2) is 4.89. The summed E-state index contributed by atoms with van der Waals surface area (Å²) in [5.41, 5.74) is 0.889. The van der Waals surface area contributed by atoms with Crippen molar-refractivity contribution in [2.75, 3.05) is 0 Å². The van der Waals surface area contributed by atoms with Crippen LogP contribution in [-0.2, 0) is 16.1 Å². The maximum absolute atomic E-state index is 10.2. The van der Waals surface area contributed by atoms with Gasteiger partial charge in [0.15, 0.2) is 0 Å². The van der Waals surface area contributed by atoms with Crippen LogP contribution in [0.15, 0.2) is 30.3 Å². The standard InChI is InChI=1S/C16H22O3/c1-3-16-9-13(17)14(11(2)19-16)15(16)18-10-12-7-5-4-6-8-12/h4-8,11,13-15,17H,3,9-10H2,1-2H3/t11-,13-,14+,15-,16-/m0/s1. The van der Waals surface area contributed by atoms with Gasteiger partial charge >= 0.3 is 0 Å². The summed E-state index contributed by atoms with van der Waals surface area (Å²) in [5.74, 6) is 0.115. The minimum atomic E-state index is -0.288. The lowest BCUT2D eigenvalue weighted by atomic mass is 9.95. The highest BCUT2D eigenvalue weighted by atomic mass is 16.6. The Morgan fingerprint density at radius 3 is 2.74 bits per heavy atom. The fraction of sp³-hybridized carbons (Fsp3) is 0.625. The molecule has 0 unspecified atom stereocenters. The van der Waals surface area contributed by atoms with Gasteiger partial charge in [0.2, 0.25) is 0 Å². The van der Waals surface area contributed by atoms with Gasteiger partial charge in [-0.1, -0.05) is 37.3 Å². The van der Waals surface area contributed by atoms with Crippen LogP contribution in [0.5, 0.6) is 0 Å². The van der Waals surface area contributed by atoms with Crippen molar-refractivity contribution < 1.29 is 14.6 Å². The predicted octanol–water partition coefficient (Wildman–Crippen LogP) is 2.52. The van der Waals surface area contributed by atoms with Gasteiger partial charge in [-0.2, -0.15) is 0 Å². The van der Waals surface area contributed by atoms with Crippen molar-refractivity contribution in [3.05, 3.63) is 35.9 Å². The Morgan fingerprint density at radius 2 is 2.11 bits per heavy atom. The summed E-state index contributed by atoms with van der Waals surface area (Å²) in [6, 6.07) is 10.2. The quantitative estimate of drug-likeness (QED) is 0.906. The number of aliphatic hydroxyl groups is 1. The molecule has 1 aliphatic carbocycles. The molecule has 3 heteroatoms. The fourth-order valence-electron chi connectivity index (χ4n) is 3.73. The molecule has 1 aromatic carbocycles. The Balaban J connectivity index is 1.73. The maximum Gasteiger partial charge on any atom is 0.0973 e. The maximum atomic E-state index is 10.2. The Morgan fingerprint density at radius 1 is 1.37 bits per heavy atom. The summed E-state index contributed by atoms with van der Waals surface area (Å²) in [4.78, 5) is 0. The van der Waals surface area contributed by atoms with Crippen molar-refractivity contribution >= 4 is 0 Å². The summed E-state index contributed by atoms with van der Waals surface area (Å²) in [5, 5.41) is 10.2. The number of rotatable bonds is 4. The minimum Gasteiger partial charge on any atom is -0.393 e. The Hall–Kier alpha value is -0.900. The van der Waals surface area contributed by atoms with Crippen LogP contribution in [0.4, 0.5) is 0 Å². The molecule has 2 fully saturated rings. The molecule has 104 valence electrons. The van der Waals surface area contributed by atoms with Crippen LogP contribution in [0.1, 0.15) is 32.3 Å². The Bertz CT molecular complexity index is 419. The van der Waals surface area contributed by atoms with E-state index in [0.29, 0.717) is 13.0 Å². The first-order valence-corrected chi connectivity index (χ1v) is 7.18. The zero-order chi connectivity index (χ0) is 13.5. The van der Waals surface area contributed by atoms with Crippen LogP contribution in [0.2, 0.25) is 0 Å². The van der Waals surface area contributed by atoms with Crippen molar-refractivity contribution in [3.63, 3.8) is 0 Å². The summed E-state index contributed by atoms with van der Waals surface area (Å²) < 4.78 is 12.2. The van der Waals surface area contributed by atoms with Crippen LogP contribution >= 0.6 is 0 Å². The van der Waals surface area contributed by atoms with Crippen molar-refractivity contribution in [1.82, 2.24) is 0 Å². The average Bonchev–Trinajstić information content (AvgIpc) is 2.85. The first-order chi connectivity index (χ1) is 9.16. The van der Waals surface area contributed by atoms with Crippen LogP contribution in [-0.4, -0.2) is 29.0 Å². The van der Waals surface area contributed by atoms with Gasteiger partial charge in [-0.15, -0.1) is 0 Å².